The second-order valence-electron chi connectivity index (χ2n) is 4.56. The van der Waals surface area contributed by atoms with Crippen LogP contribution in [-0.4, -0.2) is 18.9 Å². The van der Waals surface area contributed by atoms with Crippen molar-refractivity contribution in [3.8, 4) is 0 Å². The second-order valence-corrected chi connectivity index (χ2v) is 7.35. The molecule has 15 heavy (non-hydrogen) atoms. The van der Waals surface area contributed by atoms with Crippen LogP contribution in [0.3, 0.4) is 0 Å². The van der Waals surface area contributed by atoms with E-state index in [4.69, 9.17) is 0 Å². The minimum Gasteiger partial charge on any atom is -0.228 e. The van der Waals surface area contributed by atoms with Crippen molar-refractivity contribution in [1.29, 1.82) is 0 Å². The Hall–Kier alpha value is -0.0500. The van der Waals surface area contributed by atoms with Gasteiger partial charge in [-0.15, -0.1) is 0 Å². The van der Waals surface area contributed by atoms with E-state index in [9.17, 15) is 8.42 Å². The third kappa shape index (κ3) is 4.13. The highest BCUT2D eigenvalue weighted by Gasteiger charge is 2.36. The monoisotopic (exact) mass is 234 g/mol. The molecule has 2 nitrogen and oxygen atoms in total. The van der Waals surface area contributed by atoms with E-state index >= 15 is 0 Å². The first-order valence-corrected chi connectivity index (χ1v) is 7.81. The van der Waals surface area contributed by atoms with Gasteiger partial charge in [0.15, 0.2) is 9.84 Å². The number of rotatable bonds is 8. The first-order chi connectivity index (χ1) is 6.93. The molecule has 0 heterocycles. The summed E-state index contributed by atoms with van der Waals surface area (Å²) in [4.78, 5) is 0. The molecule has 0 spiro atoms. The van der Waals surface area contributed by atoms with Crippen molar-refractivity contribution in [3.63, 3.8) is 0 Å². The fourth-order valence-electron chi connectivity index (χ4n) is 1.89. The Morgan fingerprint density at radius 1 is 0.933 bits per heavy atom. The highest BCUT2D eigenvalue weighted by atomic mass is 32.2. The van der Waals surface area contributed by atoms with Crippen LogP contribution in [0.1, 0.15) is 66.2 Å². The molecule has 3 heteroatoms. The molecule has 0 atom stereocenters. The molecule has 92 valence electrons. The molecule has 0 aliphatic rings. The normalized spacial score (nSPS) is 13.1. The van der Waals surface area contributed by atoms with Crippen LogP contribution in [0.2, 0.25) is 0 Å². The van der Waals surface area contributed by atoms with Crippen molar-refractivity contribution in [2.24, 2.45) is 0 Å². The largest absolute Gasteiger partial charge is 0.228 e. The summed E-state index contributed by atoms with van der Waals surface area (Å²) in [5.74, 6) is 0.275. The average Bonchev–Trinajstić information content (AvgIpc) is 2.23. The smallest absolute Gasteiger partial charge is 0.155 e. The van der Waals surface area contributed by atoms with E-state index in [2.05, 4.69) is 13.8 Å². The molecule has 0 N–H and O–H groups in total. The molecule has 0 aromatic carbocycles. The minimum absolute atomic E-state index is 0.275. The van der Waals surface area contributed by atoms with E-state index < -0.39 is 14.6 Å². The van der Waals surface area contributed by atoms with Crippen LogP contribution in [0.15, 0.2) is 0 Å². The van der Waals surface area contributed by atoms with Gasteiger partial charge in [0, 0.05) is 5.75 Å². The molecular formula is C12H26O2S. The van der Waals surface area contributed by atoms with Gasteiger partial charge in [-0.05, 0) is 19.8 Å². The quantitative estimate of drug-likeness (QED) is 0.643. The van der Waals surface area contributed by atoms with Gasteiger partial charge < -0.3 is 0 Å². The summed E-state index contributed by atoms with van der Waals surface area (Å²) >= 11 is 0. The molecule has 0 fully saturated rings. The molecule has 0 amide bonds. The van der Waals surface area contributed by atoms with Crippen molar-refractivity contribution in [3.05, 3.63) is 0 Å². The van der Waals surface area contributed by atoms with Crippen LogP contribution in [0, 0.1) is 0 Å². The lowest BCUT2D eigenvalue weighted by atomic mass is 9.97. The van der Waals surface area contributed by atoms with Gasteiger partial charge in [0.2, 0.25) is 0 Å². The molecular weight excluding hydrogens is 208 g/mol. The fourth-order valence-corrected chi connectivity index (χ4v) is 3.49. The van der Waals surface area contributed by atoms with Crippen molar-refractivity contribution < 1.29 is 8.42 Å². The molecule has 0 unspecified atom stereocenters. The van der Waals surface area contributed by atoms with Gasteiger partial charge in [-0.1, -0.05) is 46.5 Å². The van der Waals surface area contributed by atoms with Crippen LogP contribution in [0.25, 0.3) is 0 Å². The lowest BCUT2D eigenvalue weighted by Gasteiger charge is -2.29. The van der Waals surface area contributed by atoms with Crippen molar-refractivity contribution in [1.82, 2.24) is 0 Å². The highest BCUT2D eigenvalue weighted by Crippen LogP contribution is 2.30. The zero-order valence-electron chi connectivity index (χ0n) is 10.7. The Morgan fingerprint density at radius 3 is 1.60 bits per heavy atom. The first kappa shape index (κ1) is 14.9. The van der Waals surface area contributed by atoms with Crippen LogP contribution < -0.4 is 0 Å². The van der Waals surface area contributed by atoms with Crippen molar-refractivity contribution >= 4 is 9.84 Å². The summed E-state index contributed by atoms with van der Waals surface area (Å²) in [5.41, 5.74) is 0. The lowest BCUT2D eigenvalue weighted by molar-refractivity contribution is 0.452. The Labute approximate surface area is 95.4 Å². The predicted molar refractivity (Wildman–Crippen MR) is 66.9 cm³/mol. The van der Waals surface area contributed by atoms with Gasteiger partial charge >= 0.3 is 0 Å². The Balaban J connectivity index is 4.68. The van der Waals surface area contributed by atoms with Gasteiger partial charge in [-0.25, -0.2) is 8.42 Å². The second kappa shape index (κ2) is 6.51. The van der Waals surface area contributed by atoms with Gasteiger partial charge in [0.25, 0.3) is 0 Å². The first-order valence-electron chi connectivity index (χ1n) is 6.15. The Bertz CT molecular complexity index is 247. The number of hydrogen-bond donors (Lipinski definition) is 0. The maximum absolute atomic E-state index is 12.0. The summed E-state index contributed by atoms with van der Waals surface area (Å²) in [5, 5.41) is 0. The number of sulfone groups is 1. The maximum Gasteiger partial charge on any atom is 0.155 e. The van der Waals surface area contributed by atoms with Gasteiger partial charge in [0.1, 0.15) is 0 Å². The summed E-state index contributed by atoms with van der Waals surface area (Å²) in [7, 11) is -2.90. The summed E-state index contributed by atoms with van der Waals surface area (Å²) in [6, 6.07) is 0. The molecule has 0 aromatic heterocycles. The molecule has 0 aromatic rings. The van der Waals surface area contributed by atoms with Crippen molar-refractivity contribution in [2.75, 3.05) is 5.75 Å². The van der Waals surface area contributed by atoms with E-state index in [1.165, 1.54) is 0 Å². The van der Waals surface area contributed by atoms with E-state index in [-0.39, 0.29) is 5.75 Å². The number of hydrogen-bond acceptors (Lipinski definition) is 2. The molecule has 0 rings (SSSR count). The van der Waals surface area contributed by atoms with Crippen molar-refractivity contribution in [2.45, 2.75) is 71.0 Å². The Morgan fingerprint density at radius 2 is 1.33 bits per heavy atom. The molecule has 0 saturated carbocycles. The van der Waals surface area contributed by atoms with Crippen LogP contribution in [0.4, 0.5) is 0 Å². The third-order valence-electron chi connectivity index (χ3n) is 3.25. The van der Waals surface area contributed by atoms with Crippen LogP contribution in [0.5, 0.6) is 0 Å². The lowest BCUT2D eigenvalue weighted by Crippen LogP contribution is -2.36. The zero-order chi connectivity index (χ0) is 11.9. The fraction of sp³-hybridized carbons (Fsp3) is 1.00. The topological polar surface area (TPSA) is 34.1 Å². The SMILES string of the molecule is CCCCC(C)(CCCC)S(=O)(=O)CC. The molecule has 0 bridgehead atoms. The highest BCUT2D eigenvalue weighted by molar-refractivity contribution is 7.92. The molecule has 0 aliphatic heterocycles. The summed E-state index contributed by atoms with van der Waals surface area (Å²) in [6.45, 7) is 7.90. The van der Waals surface area contributed by atoms with E-state index in [0.29, 0.717) is 0 Å². The Kier molecular flexibility index (Phi) is 6.49. The van der Waals surface area contributed by atoms with E-state index in [1.54, 1.807) is 6.92 Å². The maximum atomic E-state index is 12.0. The number of unbranched alkanes of at least 4 members (excludes halogenated alkanes) is 2. The predicted octanol–water partition coefficient (Wildman–Crippen LogP) is 3.56. The van der Waals surface area contributed by atoms with Gasteiger partial charge in [-0.3, -0.25) is 0 Å². The van der Waals surface area contributed by atoms with E-state index in [1.807, 2.05) is 6.92 Å². The zero-order valence-corrected chi connectivity index (χ0v) is 11.5. The van der Waals surface area contributed by atoms with Crippen LogP contribution >= 0.6 is 0 Å². The third-order valence-corrected chi connectivity index (χ3v) is 5.92. The molecule has 0 saturated heterocycles. The standard InChI is InChI=1S/C12H26O2S/c1-5-8-10-12(4,11-9-6-2)15(13,14)7-3/h5-11H2,1-4H3. The van der Waals surface area contributed by atoms with Gasteiger partial charge in [-0.2, -0.15) is 0 Å². The average molecular weight is 234 g/mol. The summed E-state index contributed by atoms with van der Waals surface area (Å²) in [6.07, 6.45) is 5.81. The van der Waals surface area contributed by atoms with E-state index in [0.717, 1.165) is 38.5 Å². The van der Waals surface area contributed by atoms with Gasteiger partial charge in [0.05, 0.1) is 4.75 Å². The molecule has 0 radical (unpaired) electrons. The minimum atomic E-state index is -2.90. The van der Waals surface area contributed by atoms with Crippen LogP contribution in [-0.2, 0) is 9.84 Å². The molecule has 0 aliphatic carbocycles. The summed E-state index contributed by atoms with van der Waals surface area (Å²) < 4.78 is 23.6.